The summed E-state index contributed by atoms with van der Waals surface area (Å²) >= 11 is 0. The highest BCUT2D eigenvalue weighted by Crippen LogP contribution is 2.32. The van der Waals surface area contributed by atoms with Crippen LogP contribution in [0.4, 0.5) is 19.0 Å². The van der Waals surface area contributed by atoms with Gasteiger partial charge in [0.05, 0.1) is 17.9 Å². The van der Waals surface area contributed by atoms with Crippen molar-refractivity contribution in [2.45, 2.75) is 39.8 Å². The van der Waals surface area contributed by atoms with Crippen LogP contribution in [0.1, 0.15) is 44.5 Å². The van der Waals surface area contributed by atoms with Crippen molar-refractivity contribution in [2.75, 3.05) is 31.1 Å². The maximum Gasteiger partial charge on any atom is 0.333 e. The summed E-state index contributed by atoms with van der Waals surface area (Å²) in [6, 6.07) is 8.78. The van der Waals surface area contributed by atoms with Gasteiger partial charge in [-0.2, -0.15) is 13.9 Å². The van der Waals surface area contributed by atoms with Gasteiger partial charge in [0, 0.05) is 61.7 Å². The highest BCUT2D eigenvalue weighted by molar-refractivity contribution is 5.83. The van der Waals surface area contributed by atoms with Crippen LogP contribution in [0, 0.1) is 11.7 Å². The fourth-order valence-corrected chi connectivity index (χ4v) is 4.52. The summed E-state index contributed by atoms with van der Waals surface area (Å²) < 4.78 is 41.3. The minimum atomic E-state index is -2.74. The van der Waals surface area contributed by atoms with E-state index >= 15 is 0 Å². The number of aromatic nitrogens is 5. The first-order valence-electron chi connectivity index (χ1n) is 12.5. The fraction of sp³-hybridized carbons (Fsp3) is 0.407. The minimum Gasteiger partial charge on any atom is -0.352 e. The monoisotopic (exact) mass is 509 g/mol. The van der Waals surface area contributed by atoms with Gasteiger partial charge in [0.25, 0.3) is 0 Å². The number of pyridine rings is 1. The zero-order valence-corrected chi connectivity index (χ0v) is 21.2. The third kappa shape index (κ3) is 5.29. The predicted molar refractivity (Wildman–Crippen MR) is 137 cm³/mol. The molecule has 0 radical (unpaired) electrons. The van der Waals surface area contributed by atoms with Crippen LogP contribution < -0.4 is 4.90 Å². The first-order valence-corrected chi connectivity index (χ1v) is 12.5. The minimum absolute atomic E-state index is 0.205. The lowest BCUT2D eigenvalue weighted by Crippen LogP contribution is -2.46. The Kier molecular flexibility index (Phi) is 7.10. The molecule has 1 atom stereocenters. The molecule has 37 heavy (non-hydrogen) atoms. The third-order valence-electron chi connectivity index (χ3n) is 7.12. The van der Waals surface area contributed by atoms with Crippen molar-refractivity contribution < 1.29 is 13.2 Å². The Morgan fingerprint density at radius 1 is 0.946 bits per heavy atom. The van der Waals surface area contributed by atoms with Crippen molar-refractivity contribution >= 4 is 16.9 Å². The molecular weight excluding hydrogens is 479 g/mol. The zero-order valence-electron chi connectivity index (χ0n) is 21.2. The van der Waals surface area contributed by atoms with Gasteiger partial charge in [0.2, 0.25) is 0 Å². The van der Waals surface area contributed by atoms with Crippen molar-refractivity contribution in [3.63, 3.8) is 0 Å². The zero-order chi connectivity index (χ0) is 26.1. The summed E-state index contributed by atoms with van der Waals surface area (Å²) in [5.41, 5.74) is 3.89. The van der Waals surface area contributed by atoms with Gasteiger partial charge in [-0.3, -0.25) is 9.88 Å². The number of fused-ring (bicyclic) bond motifs is 1. The number of anilines is 1. The van der Waals surface area contributed by atoms with Crippen molar-refractivity contribution in [3.8, 4) is 11.3 Å². The van der Waals surface area contributed by atoms with Gasteiger partial charge in [0.1, 0.15) is 17.0 Å². The van der Waals surface area contributed by atoms with Gasteiger partial charge in [-0.15, -0.1) is 0 Å². The lowest BCUT2D eigenvalue weighted by Gasteiger charge is -2.36. The second kappa shape index (κ2) is 10.5. The van der Waals surface area contributed by atoms with E-state index in [1.807, 2.05) is 12.1 Å². The van der Waals surface area contributed by atoms with E-state index < -0.39 is 6.55 Å². The molecule has 1 aromatic carbocycles. The van der Waals surface area contributed by atoms with Crippen LogP contribution >= 0.6 is 0 Å². The average molecular weight is 510 g/mol. The topological polar surface area (TPSA) is 63.0 Å². The number of halogens is 3. The standard InChI is InChI=1S/C27H30F3N7/c1-17(2)18(3)22-12-23-24(14-31-22)33-25(20-13-32-37(16-20)27(29)30)26(34-23)36-10-8-35(9-11-36)15-19-6-4-5-7-21(19)28/h4-7,12-14,16-18,27H,8-11,15H2,1-3H3. The number of hydrogen-bond acceptors (Lipinski definition) is 6. The van der Waals surface area contributed by atoms with Crippen molar-refractivity contribution in [1.29, 1.82) is 0 Å². The summed E-state index contributed by atoms with van der Waals surface area (Å²) in [4.78, 5) is 18.7. The quantitative estimate of drug-likeness (QED) is 0.328. The van der Waals surface area contributed by atoms with E-state index in [0.29, 0.717) is 77.0 Å². The van der Waals surface area contributed by atoms with Crippen LogP contribution in [-0.4, -0.2) is 55.8 Å². The lowest BCUT2D eigenvalue weighted by molar-refractivity contribution is 0.0566. The van der Waals surface area contributed by atoms with Crippen molar-refractivity contribution in [2.24, 2.45) is 5.92 Å². The van der Waals surface area contributed by atoms with Gasteiger partial charge in [-0.1, -0.05) is 39.0 Å². The molecule has 1 aliphatic rings. The summed E-state index contributed by atoms with van der Waals surface area (Å²) in [5, 5.41) is 3.80. The Labute approximate surface area is 214 Å². The molecule has 0 amide bonds. The van der Waals surface area contributed by atoms with E-state index in [2.05, 4.69) is 40.7 Å². The van der Waals surface area contributed by atoms with Crippen molar-refractivity contribution in [1.82, 2.24) is 29.6 Å². The Hall–Kier alpha value is -3.53. The maximum absolute atomic E-state index is 14.2. The Morgan fingerprint density at radius 3 is 2.38 bits per heavy atom. The van der Waals surface area contributed by atoms with E-state index in [4.69, 9.17) is 9.97 Å². The number of hydrogen-bond donors (Lipinski definition) is 0. The molecule has 0 saturated carbocycles. The lowest BCUT2D eigenvalue weighted by atomic mass is 9.94. The summed E-state index contributed by atoms with van der Waals surface area (Å²) in [6.45, 7) is 6.92. The summed E-state index contributed by atoms with van der Waals surface area (Å²) in [7, 11) is 0. The molecule has 1 unspecified atom stereocenters. The van der Waals surface area contributed by atoms with Crippen LogP contribution in [0.15, 0.2) is 48.9 Å². The Bertz CT molecular complexity index is 1380. The molecular formula is C27H30F3N7. The van der Waals surface area contributed by atoms with Gasteiger partial charge in [-0.25, -0.2) is 19.0 Å². The molecule has 4 aromatic rings. The number of alkyl halides is 2. The van der Waals surface area contributed by atoms with Crippen LogP contribution in [-0.2, 0) is 6.54 Å². The summed E-state index contributed by atoms with van der Waals surface area (Å²) in [6.07, 6.45) is 4.39. The molecule has 1 aliphatic heterocycles. The number of benzene rings is 1. The Morgan fingerprint density at radius 2 is 1.70 bits per heavy atom. The van der Waals surface area contributed by atoms with Gasteiger partial charge >= 0.3 is 6.55 Å². The molecule has 0 bridgehead atoms. The van der Waals surface area contributed by atoms with Gasteiger partial charge in [-0.05, 0) is 18.1 Å². The normalized spacial score (nSPS) is 15.7. The van der Waals surface area contributed by atoms with Crippen molar-refractivity contribution in [3.05, 3.63) is 66.0 Å². The molecule has 10 heteroatoms. The molecule has 7 nitrogen and oxygen atoms in total. The van der Waals surface area contributed by atoms with Gasteiger partial charge in [0.15, 0.2) is 5.82 Å². The van der Waals surface area contributed by atoms with E-state index in [1.165, 1.54) is 18.5 Å². The Balaban J connectivity index is 1.47. The van der Waals surface area contributed by atoms with E-state index in [9.17, 15) is 13.2 Å². The predicted octanol–water partition coefficient (Wildman–Crippen LogP) is 5.50. The van der Waals surface area contributed by atoms with E-state index in [1.54, 1.807) is 18.3 Å². The first kappa shape index (κ1) is 25.1. The van der Waals surface area contributed by atoms with E-state index in [0.717, 1.165) is 5.69 Å². The molecule has 1 saturated heterocycles. The van der Waals surface area contributed by atoms with Crippen LogP contribution in [0.2, 0.25) is 0 Å². The molecule has 0 spiro atoms. The smallest absolute Gasteiger partial charge is 0.333 e. The molecule has 194 valence electrons. The number of nitrogens with zero attached hydrogens (tertiary/aromatic N) is 7. The first-order chi connectivity index (χ1) is 17.8. The number of piperazine rings is 1. The fourth-order valence-electron chi connectivity index (χ4n) is 4.52. The van der Waals surface area contributed by atoms with Crippen LogP contribution in [0.5, 0.6) is 0 Å². The highest BCUT2D eigenvalue weighted by Gasteiger charge is 2.25. The van der Waals surface area contributed by atoms with Gasteiger partial charge < -0.3 is 4.90 Å². The molecule has 0 aliphatic carbocycles. The SMILES string of the molecule is CC(C)C(C)c1cc2nc(N3CCN(Cc4ccccc4F)CC3)c(-c3cnn(C(F)F)c3)nc2cn1. The molecule has 1 fully saturated rings. The molecule has 4 heterocycles. The third-order valence-corrected chi connectivity index (χ3v) is 7.12. The average Bonchev–Trinajstić information content (AvgIpc) is 3.40. The molecule has 3 aromatic heterocycles. The molecule has 5 rings (SSSR count). The van der Waals surface area contributed by atoms with Crippen LogP contribution in [0.3, 0.4) is 0 Å². The second-order valence-corrected chi connectivity index (χ2v) is 9.87. The van der Waals surface area contributed by atoms with Crippen LogP contribution in [0.25, 0.3) is 22.3 Å². The molecule has 0 N–H and O–H groups in total. The maximum atomic E-state index is 14.2. The number of rotatable bonds is 7. The van der Waals surface area contributed by atoms with E-state index in [-0.39, 0.29) is 11.7 Å². The highest BCUT2D eigenvalue weighted by atomic mass is 19.3. The summed E-state index contributed by atoms with van der Waals surface area (Å²) in [5.74, 6) is 1.09. The largest absolute Gasteiger partial charge is 0.352 e. The second-order valence-electron chi connectivity index (χ2n) is 9.87.